The number of ether oxygens (including phenoxy) is 2. The molecule has 0 radical (unpaired) electrons. The quantitative estimate of drug-likeness (QED) is 0.478. The van der Waals surface area contributed by atoms with Crippen LogP contribution in [0.25, 0.3) is 0 Å². The van der Waals surface area contributed by atoms with Gasteiger partial charge in [-0.25, -0.2) is 14.1 Å². The molecule has 1 atom stereocenters. The Bertz CT molecular complexity index is 1410. The Hall–Kier alpha value is -4.19. The van der Waals surface area contributed by atoms with Crippen LogP contribution in [0.5, 0.6) is 11.5 Å². The smallest absolute Gasteiger partial charge is 0.278 e. The number of nitrogens with one attached hydrogen (secondary N) is 1. The molecule has 5 rings (SSSR count). The largest absolute Gasteiger partial charge is 0.502 e. The number of rotatable bonds is 0. The average molecular weight is 555 g/mol. The van der Waals surface area contributed by atoms with E-state index in [1.54, 1.807) is 0 Å². The highest BCUT2D eigenvalue weighted by Gasteiger charge is 2.44. The molecule has 1 aromatic carbocycles. The molecule has 1 fully saturated rings. The number of benzene rings is 1. The maximum Gasteiger partial charge on any atom is 0.278 e. The number of carbonyl (C=O) groups is 3. The maximum atomic E-state index is 13.9. The molecule has 212 valence electrons. The molecule has 40 heavy (non-hydrogen) atoms. The Morgan fingerprint density at radius 2 is 1.85 bits per heavy atom. The summed E-state index contributed by atoms with van der Waals surface area (Å²) in [6.07, 6.45) is 8.19. The van der Waals surface area contributed by atoms with Gasteiger partial charge in [-0.15, -0.1) is 0 Å². The number of hydrogen-bond donors (Lipinski definition) is 2. The summed E-state index contributed by atoms with van der Waals surface area (Å²) >= 11 is 0. The third-order valence-corrected chi connectivity index (χ3v) is 7.18. The lowest BCUT2D eigenvalue weighted by molar-refractivity contribution is -0.124. The molecule has 0 saturated carbocycles. The van der Waals surface area contributed by atoms with Gasteiger partial charge in [-0.2, -0.15) is 0 Å². The number of pyridine rings is 1. The molecule has 0 aliphatic carbocycles. The molecule has 12 heteroatoms. The third-order valence-electron chi connectivity index (χ3n) is 7.18. The molecule has 1 unspecified atom stereocenters. The van der Waals surface area contributed by atoms with Crippen LogP contribution in [0.4, 0.5) is 4.39 Å². The van der Waals surface area contributed by atoms with Gasteiger partial charge in [-0.1, -0.05) is 24.6 Å². The fraction of sp³-hybridized carbons (Fsp3) is 0.429. The molecule has 2 aromatic rings. The normalized spacial score (nSPS) is 21.5. The highest BCUT2D eigenvalue weighted by Crippen LogP contribution is 2.28. The summed E-state index contributed by atoms with van der Waals surface area (Å²) in [4.78, 5) is 54.5. The number of nitrogens with zero attached hydrogens (tertiary/aromatic N) is 3. The number of morpholine rings is 1. The Morgan fingerprint density at radius 1 is 1.02 bits per heavy atom. The SMILES string of the molecule is O=C1NCc2ccc(F)cc2OCC/C=C\CCCCCC(=O)N2C3COCCN3C(=O)c3c(O)c(=O)c1cn32. The second kappa shape index (κ2) is 11.9. The van der Waals surface area contributed by atoms with Gasteiger partial charge in [0.1, 0.15) is 17.1 Å². The topological polar surface area (TPSA) is 130 Å². The van der Waals surface area contributed by atoms with Gasteiger partial charge in [-0.3, -0.25) is 19.2 Å². The van der Waals surface area contributed by atoms with Crippen LogP contribution >= 0.6 is 0 Å². The van der Waals surface area contributed by atoms with Crippen molar-refractivity contribution in [2.24, 2.45) is 0 Å². The van der Waals surface area contributed by atoms with E-state index < -0.39 is 40.5 Å². The lowest BCUT2D eigenvalue weighted by atomic mass is 10.1. The second-order valence-corrected chi connectivity index (χ2v) is 9.85. The number of hydrogen-bond acceptors (Lipinski definition) is 7. The van der Waals surface area contributed by atoms with Crippen LogP contribution in [-0.2, 0) is 16.1 Å². The van der Waals surface area contributed by atoms with Crippen LogP contribution in [0.15, 0.2) is 41.3 Å². The Labute approximate surface area is 229 Å². The summed E-state index contributed by atoms with van der Waals surface area (Å²) in [7, 11) is 0. The van der Waals surface area contributed by atoms with Crippen LogP contribution in [0, 0.1) is 5.82 Å². The summed E-state index contributed by atoms with van der Waals surface area (Å²) in [6.45, 7) is 0.679. The van der Waals surface area contributed by atoms with Crippen molar-refractivity contribution in [1.82, 2.24) is 14.9 Å². The number of carbonyl (C=O) groups excluding carboxylic acids is 3. The molecule has 11 nitrogen and oxygen atoms in total. The van der Waals surface area contributed by atoms with Gasteiger partial charge in [0.2, 0.25) is 11.3 Å². The zero-order chi connectivity index (χ0) is 28.2. The highest BCUT2D eigenvalue weighted by molar-refractivity contribution is 6.01. The average Bonchev–Trinajstić information content (AvgIpc) is 2.94. The number of halogens is 1. The summed E-state index contributed by atoms with van der Waals surface area (Å²) in [5.74, 6) is -2.96. The number of fused-ring (bicyclic) bond motifs is 4. The van der Waals surface area contributed by atoms with Gasteiger partial charge in [0.15, 0.2) is 17.6 Å². The van der Waals surface area contributed by atoms with Gasteiger partial charge < -0.3 is 24.8 Å². The molecular formula is C28H31FN4O7. The standard InChI is InChI=1S/C28H31FN4O7/c29-19-10-9-18-15-30-27(37)20-16-32-24(26(36)25(20)35)28(38)31-11-13-39-17-22(31)33(32)23(34)8-6-4-2-1-3-5-7-12-40-21(18)14-19/h3,5,9-10,14,16,22,36H,1-2,4,6-8,11-13,15,17H2,(H,30,37)/b5-3-. The predicted octanol–water partition coefficient (Wildman–Crippen LogP) is 2.19. The van der Waals surface area contributed by atoms with E-state index in [9.17, 15) is 28.7 Å². The Balaban J connectivity index is 1.54. The second-order valence-electron chi connectivity index (χ2n) is 9.85. The van der Waals surface area contributed by atoms with Crippen molar-refractivity contribution >= 4 is 17.7 Å². The molecule has 3 aliphatic rings. The van der Waals surface area contributed by atoms with Gasteiger partial charge in [-0.05, 0) is 31.7 Å². The van der Waals surface area contributed by atoms with Crippen molar-refractivity contribution in [1.29, 1.82) is 0 Å². The van der Waals surface area contributed by atoms with Crippen molar-refractivity contribution in [2.75, 3.05) is 31.4 Å². The number of aromatic hydroxyl groups is 1. The Kier molecular flexibility index (Phi) is 8.15. The van der Waals surface area contributed by atoms with E-state index in [4.69, 9.17) is 9.47 Å². The first-order valence-corrected chi connectivity index (χ1v) is 13.4. The van der Waals surface area contributed by atoms with Crippen LogP contribution in [0.2, 0.25) is 0 Å². The summed E-state index contributed by atoms with van der Waals surface area (Å²) in [5, 5.41) is 14.7. The van der Waals surface area contributed by atoms with Crippen LogP contribution < -0.4 is 20.5 Å². The van der Waals surface area contributed by atoms with Crippen molar-refractivity contribution < 1.29 is 33.4 Å². The first kappa shape index (κ1) is 27.4. The van der Waals surface area contributed by atoms with Crippen LogP contribution in [0.3, 0.4) is 0 Å². The van der Waals surface area contributed by atoms with Gasteiger partial charge in [0, 0.05) is 37.3 Å². The van der Waals surface area contributed by atoms with E-state index in [2.05, 4.69) is 5.32 Å². The van der Waals surface area contributed by atoms with Crippen LogP contribution in [0.1, 0.15) is 64.9 Å². The molecule has 3 amide bonds. The fourth-order valence-corrected chi connectivity index (χ4v) is 5.10. The van der Waals surface area contributed by atoms with Crippen molar-refractivity contribution in [3.8, 4) is 11.5 Å². The van der Waals surface area contributed by atoms with E-state index in [0.29, 0.717) is 25.0 Å². The van der Waals surface area contributed by atoms with Gasteiger partial charge in [0.05, 0.1) is 19.8 Å². The zero-order valence-corrected chi connectivity index (χ0v) is 21.9. The molecule has 1 aromatic heterocycles. The van der Waals surface area contributed by atoms with E-state index in [0.717, 1.165) is 30.1 Å². The van der Waals surface area contributed by atoms with Gasteiger partial charge in [0.25, 0.3) is 11.8 Å². The van der Waals surface area contributed by atoms with E-state index in [1.165, 1.54) is 28.1 Å². The fourth-order valence-electron chi connectivity index (χ4n) is 5.10. The highest BCUT2D eigenvalue weighted by atomic mass is 19.1. The van der Waals surface area contributed by atoms with Gasteiger partial charge >= 0.3 is 0 Å². The predicted molar refractivity (Wildman–Crippen MR) is 141 cm³/mol. The summed E-state index contributed by atoms with van der Waals surface area (Å²) in [6, 6.07) is 3.93. The number of allylic oxidation sites excluding steroid dienone is 1. The zero-order valence-electron chi connectivity index (χ0n) is 21.9. The molecular weight excluding hydrogens is 523 g/mol. The summed E-state index contributed by atoms with van der Waals surface area (Å²) < 4.78 is 26.3. The lowest BCUT2D eigenvalue weighted by Crippen LogP contribution is -2.67. The monoisotopic (exact) mass is 554 g/mol. The molecule has 2 bridgehead atoms. The van der Waals surface area contributed by atoms with Crippen molar-refractivity contribution in [3.05, 3.63) is 69.4 Å². The Morgan fingerprint density at radius 3 is 2.70 bits per heavy atom. The van der Waals surface area contributed by atoms with Crippen molar-refractivity contribution in [3.63, 3.8) is 0 Å². The molecule has 4 heterocycles. The molecule has 3 aliphatic heterocycles. The first-order valence-electron chi connectivity index (χ1n) is 13.4. The number of amides is 3. The van der Waals surface area contributed by atoms with E-state index >= 15 is 0 Å². The van der Waals surface area contributed by atoms with E-state index in [1.807, 2.05) is 12.2 Å². The van der Waals surface area contributed by atoms with Crippen LogP contribution in [-0.4, -0.2) is 64.9 Å². The minimum Gasteiger partial charge on any atom is -0.502 e. The van der Waals surface area contributed by atoms with E-state index in [-0.39, 0.29) is 50.1 Å². The minimum absolute atomic E-state index is 0.0451. The van der Waals surface area contributed by atoms with Crippen molar-refractivity contribution in [2.45, 2.75) is 51.2 Å². The lowest BCUT2D eigenvalue weighted by Gasteiger charge is -2.47. The number of aromatic nitrogens is 1. The molecule has 2 N–H and O–H groups in total. The third kappa shape index (κ3) is 5.44. The molecule has 0 spiro atoms. The molecule has 1 saturated heterocycles. The summed E-state index contributed by atoms with van der Waals surface area (Å²) in [5.41, 5.74) is -1.39. The minimum atomic E-state index is -1.04. The maximum absolute atomic E-state index is 13.9. The first-order chi connectivity index (χ1) is 19.4.